The van der Waals surface area contributed by atoms with Gasteiger partial charge in [0.15, 0.2) is 0 Å². The fourth-order valence-corrected chi connectivity index (χ4v) is 1.36. The molecule has 0 unspecified atom stereocenters. The van der Waals surface area contributed by atoms with Gasteiger partial charge in [0.05, 0.1) is 28.8 Å². The van der Waals surface area contributed by atoms with Crippen LogP contribution < -0.4 is 5.73 Å². The molecule has 1 aromatic rings. The SMILES string of the molecule is Cl.N[C@@H](c1ccc(Cl)c(Cl)c1)[C@H](O)CO. The monoisotopic (exact) mass is 271 g/mol. The zero-order chi connectivity index (χ0) is 10.7. The Morgan fingerprint density at radius 2 is 1.87 bits per heavy atom. The lowest BCUT2D eigenvalue weighted by Crippen LogP contribution is -2.29. The van der Waals surface area contributed by atoms with Crippen molar-refractivity contribution in [3.8, 4) is 0 Å². The Labute approximate surface area is 104 Å². The van der Waals surface area contributed by atoms with E-state index in [-0.39, 0.29) is 19.0 Å². The Bertz CT molecular complexity index is 322. The van der Waals surface area contributed by atoms with Gasteiger partial charge in [-0.15, -0.1) is 12.4 Å². The topological polar surface area (TPSA) is 66.5 Å². The molecule has 0 bridgehead atoms. The van der Waals surface area contributed by atoms with Gasteiger partial charge in [0.25, 0.3) is 0 Å². The maximum Gasteiger partial charge on any atom is 0.0962 e. The summed E-state index contributed by atoms with van der Waals surface area (Å²) in [4.78, 5) is 0. The molecular formula is C9H12Cl3NO2. The zero-order valence-corrected chi connectivity index (χ0v) is 10.1. The van der Waals surface area contributed by atoms with Gasteiger partial charge < -0.3 is 15.9 Å². The summed E-state index contributed by atoms with van der Waals surface area (Å²) in [6.45, 7) is -0.387. The van der Waals surface area contributed by atoms with E-state index < -0.39 is 12.1 Å². The molecule has 86 valence electrons. The van der Waals surface area contributed by atoms with Crippen LogP contribution in [0, 0.1) is 0 Å². The number of halogens is 3. The molecular weight excluding hydrogens is 260 g/mol. The third kappa shape index (κ3) is 3.79. The summed E-state index contributed by atoms with van der Waals surface area (Å²) in [5.41, 5.74) is 6.30. The van der Waals surface area contributed by atoms with Crippen LogP contribution in [0.5, 0.6) is 0 Å². The Morgan fingerprint density at radius 3 is 2.33 bits per heavy atom. The van der Waals surface area contributed by atoms with Crippen LogP contribution in [-0.2, 0) is 0 Å². The minimum atomic E-state index is -0.993. The van der Waals surface area contributed by atoms with Crippen molar-refractivity contribution < 1.29 is 10.2 Å². The quantitative estimate of drug-likeness (QED) is 0.785. The number of aliphatic hydroxyl groups excluding tert-OH is 2. The van der Waals surface area contributed by atoms with Crippen molar-refractivity contribution in [1.29, 1.82) is 0 Å². The van der Waals surface area contributed by atoms with Gasteiger partial charge in [-0.1, -0.05) is 29.3 Å². The first-order valence-corrected chi connectivity index (χ1v) is 4.81. The van der Waals surface area contributed by atoms with Crippen LogP contribution in [0.4, 0.5) is 0 Å². The minimum absolute atomic E-state index is 0. The molecule has 0 saturated heterocycles. The van der Waals surface area contributed by atoms with Crippen LogP contribution in [0.3, 0.4) is 0 Å². The van der Waals surface area contributed by atoms with Crippen LogP contribution in [0.2, 0.25) is 10.0 Å². The summed E-state index contributed by atoms with van der Waals surface area (Å²) in [5, 5.41) is 18.8. The van der Waals surface area contributed by atoms with Gasteiger partial charge in [-0.05, 0) is 17.7 Å². The summed E-state index contributed by atoms with van der Waals surface area (Å²) >= 11 is 11.5. The maximum atomic E-state index is 9.29. The van der Waals surface area contributed by atoms with Gasteiger partial charge in [0, 0.05) is 0 Å². The van der Waals surface area contributed by atoms with E-state index in [9.17, 15) is 5.11 Å². The van der Waals surface area contributed by atoms with Crippen molar-refractivity contribution in [3.63, 3.8) is 0 Å². The Hall–Kier alpha value is -0.0300. The molecule has 0 heterocycles. The van der Waals surface area contributed by atoms with E-state index in [0.717, 1.165) is 0 Å². The molecule has 0 amide bonds. The molecule has 0 radical (unpaired) electrons. The van der Waals surface area contributed by atoms with Crippen LogP contribution >= 0.6 is 35.6 Å². The summed E-state index contributed by atoms with van der Waals surface area (Å²) in [5.74, 6) is 0. The second-order valence-electron chi connectivity index (χ2n) is 2.95. The van der Waals surface area contributed by atoms with Crippen molar-refractivity contribution in [2.45, 2.75) is 12.1 Å². The van der Waals surface area contributed by atoms with E-state index in [1.54, 1.807) is 18.2 Å². The molecule has 3 nitrogen and oxygen atoms in total. The lowest BCUT2D eigenvalue weighted by atomic mass is 10.0. The first kappa shape index (κ1) is 15.0. The second kappa shape index (κ2) is 6.53. The van der Waals surface area contributed by atoms with E-state index in [1.165, 1.54) is 0 Å². The van der Waals surface area contributed by atoms with Crippen molar-refractivity contribution in [3.05, 3.63) is 33.8 Å². The second-order valence-corrected chi connectivity index (χ2v) is 3.76. The van der Waals surface area contributed by atoms with Gasteiger partial charge in [-0.2, -0.15) is 0 Å². The van der Waals surface area contributed by atoms with Gasteiger partial charge in [0.2, 0.25) is 0 Å². The van der Waals surface area contributed by atoms with Crippen LogP contribution in [0.1, 0.15) is 11.6 Å². The summed E-state index contributed by atoms with van der Waals surface area (Å²) in [6, 6.07) is 4.18. The molecule has 0 aliphatic rings. The largest absolute Gasteiger partial charge is 0.394 e. The van der Waals surface area contributed by atoms with Crippen LogP contribution in [0.15, 0.2) is 18.2 Å². The Balaban J connectivity index is 0.00000196. The molecule has 0 fully saturated rings. The van der Waals surface area contributed by atoms with E-state index in [0.29, 0.717) is 15.6 Å². The van der Waals surface area contributed by atoms with Gasteiger partial charge in [-0.3, -0.25) is 0 Å². The third-order valence-electron chi connectivity index (χ3n) is 1.93. The van der Waals surface area contributed by atoms with Crippen LogP contribution in [0.25, 0.3) is 0 Å². The smallest absolute Gasteiger partial charge is 0.0962 e. The molecule has 0 aromatic heterocycles. The molecule has 0 aliphatic carbocycles. The number of nitrogens with two attached hydrogens (primary N) is 1. The molecule has 0 saturated carbocycles. The number of benzene rings is 1. The Morgan fingerprint density at radius 1 is 1.27 bits per heavy atom. The van der Waals surface area contributed by atoms with Crippen molar-refractivity contribution in [2.75, 3.05) is 6.61 Å². The average Bonchev–Trinajstić information content (AvgIpc) is 2.20. The molecule has 4 N–H and O–H groups in total. The predicted molar refractivity (Wildman–Crippen MR) is 63.7 cm³/mol. The normalized spacial score (nSPS) is 14.2. The highest BCUT2D eigenvalue weighted by molar-refractivity contribution is 6.42. The third-order valence-corrected chi connectivity index (χ3v) is 2.67. The molecule has 0 aliphatic heterocycles. The molecule has 6 heteroatoms. The number of aliphatic hydroxyl groups is 2. The van der Waals surface area contributed by atoms with Gasteiger partial charge in [0.1, 0.15) is 0 Å². The summed E-state index contributed by atoms with van der Waals surface area (Å²) < 4.78 is 0. The van der Waals surface area contributed by atoms with E-state index in [1.807, 2.05) is 0 Å². The number of hydrogen-bond donors (Lipinski definition) is 3. The average molecular weight is 273 g/mol. The van der Waals surface area contributed by atoms with Gasteiger partial charge >= 0.3 is 0 Å². The fourth-order valence-electron chi connectivity index (χ4n) is 1.06. The lowest BCUT2D eigenvalue weighted by Gasteiger charge is -2.17. The number of hydrogen-bond acceptors (Lipinski definition) is 3. The van der Waals surface area contributed by atoms with E-state index in [2.05, 4.69) is 0 Å². The maximum absolute atomic E-state index is 9.29. The minimum Gasteiger partial charge on any atom is -0.394 e. The van der Waals surface area contributed by atoms with E-state index in [4.69, 9.17) is 34.0 Å². The zero-order valence-electron chi connectivity index (χ0n) is 7.73. The fraction of sp³-hybridized carbons (Fsp3) is 0.333. The molecule has 2 atom stereocenters. The van der Waals surface area contributed by atoms with Crippen LogP contribution in [-0.4, -0.2) is 22.9 Å². The number of rotatable bonds is 3. The summed E-state index contributed by atoms with van der Waals surface area (Å²) in [6.07, 6.45) is -0.993. The molecule has 15 heavy (non-hydrogen) atoms. The van der Waals surface area contributed by atoms with Crippen molar-refractivity contribution in [2.24, 2.45) is 5.73 Å². The molecule has 0 spiro atoms. The molecule has 1 aromatic carbocycles. The predicted octanol–water partition coefficient (Wildman–Crippen LogP) is 1.77. The first-order chi connectivity index (χ1) is 6.56. The summed E-state index contributed by atoms with van der Waals surface area (Å²) in [7, 11) is 0. The van der Waals surface area contributed by atoms with Gasteiger partial charge in [-0.25, -0.2) is 0 Å². The first-order valence-electron chi connectivity index (χ1n) is 4.05. The van der Waals surface area contributed by atoms with E-state index >= 15 is 0 Å². The van der Waals surface area contributed by atoms with Crippen molar-refractivity contribution >= 4 is 35.6 Å². The highest BCUT2D eigenvalue weighted by Crippen LogP contribution is 2.25. The lowest BCUT2D eigenvalue weighted by molar-refractivity contribution is 0.0741. The standard InChI is InChI=1S/C9H11Cl2NO2.ClH/c10-6-2-1-5(3-7(6)11)9(12)8(14)4-13;/h1-3,8-9,13-14H,4,12H2;1H/t8-,9+;/m1./s1. The van der Waals surface area contributed by atoms with Crippen molar-refractivity contribution in [1.82, 2.24) is 0 Å². The molecule has 1 rings (SSSR count). The highest BCUT2D eigenvalue weighted by Gasteiger charge is 2.16. The highest BCUT2D eigenvalue weighted by atomic mass is 35.5. The Kier molecular flexibility index (Phi) is 6.52.